The second kappa shape index (κ2) is 5.63. The normalized spacial score (nSPS) is 13.6. The molecule has 5 nitrogen and oxygen atoms in total. The molecule has 2 heterocycles. The van der Waals surface area contributed by atoms with Gasteiger partial charge in [0.25, 0.3) is 0 Å². The lowest BCUT2D eigenvalue weighted by atomic mass is 10.1. The second-order valence-corrected chi connectivity index (χ2v) is 7.12. The van der Waals surface area contributed by atoms with E-state index < -0.39 is 16.8 Å². The maximum atomic E-state index is 11.0. The Bertz CT molecular complexity index is 642. The van der Waals surface area contributed by atoms with E-state index in [0.717, 1.165) is 11.3 Å². The average Bonchev–Trinajstić information content (AvgIpc) is 2.77. The zero-order chi connectivity index (χ0) is 14.9. The fourth-order valence-electron chi connectivity index (χ4n) is 1.73. The molecule has 0 unspecified atom stereocenters. The molecule has 7 heteroatoms. The second-order valence-electron chi connectivity index (χ2n) is 5.05. The number of carboxylic acids is 1. The highest BCUT2D eigenvalue weighted by Gasteiger charge is 2.32. The number of halogens is 1. The zero-order valence-electron chi connectivity index (χ0n) is 11.2. The van der Waals surface area contributed by atoms with Gasteiger partial charge in [0.15, 0.2) is 0 Å². The number of rotatable bonds is 5. The lowest BCUT2D eigenvalue weighted by molar-refractivity contribution is -0.139. The molecule has 1 atom stereocenters. The predicted octanol–water partition coefficient (Wildman–Crippen LogP) is 2.41. The molecule has 0 spiro atoms. The fourth-order valence-corrected chi connectivity index (χ4v) is 2.84. The highest BCUT2D eigenvalue weighted by molar-refractivity contribution is 7.99. The first-order chi connectivity index (χ1) is 9.29. The minimum Gasteiger partial charge on any atom is -0.480 e. The molecule has 0 aliphatic heterocycles. The van der Waals surface area contributed by atoms with Crippen LogP contribution in [0.4, 0.5) is 0 Å². The van der Waals surface area contributed by atoms with Gasteiger partial charge in [-0.3, -0.25) is 4.79 Å². The zero-order valence-corrected chi connectivity index (χ0v) is 12.8. The minimum absolute atomic E-state index is 0.570. The van der Waals surface area contributed by atoms with Crippen molar-refractivity contribution in [3.63, 3.8) is 0 Å². The van der Waals surface area contributed by atoms with E-state index in [0.29, 0.717) is 10.8 Å². The van der Waals surface area contributed by atoms with Crippen LogP contribution in [0.15, 0.2) is 24.5 Å². The highest BCUT2D eigenvalue weighted by atomic mass is 35.5. The Morgan fingerprint density at radius 1 is 1.55 bits per heavy atom. The van der Waals surface area contributed by atoms with Crippen LogP contribution in [0.1, 0.15) is 19.5 Å². The molecule has 2 aromatic rings. The lowest BCUT2D eigenvalue weighted by Gasteiger charge is -2.27. The smallest absolute Gasteiger partial charge is 0.321 e. The summed E-state index contributed by atoms with van der Waals surface area (Å²) in [6.07, 6.45) is 3.67. The number of fused-ring (bicyclic) bond motifs is 1. The molecule has 2 rings (SSSR count). The number of aliphatic carboxylic acids is 1. The molecule has 0 aromatic carbocycles. The van der Waals surface area contributed by atoms with Gasteiger partial charge in [0.1, 0.15) is 11.7 Å². The summed E-state index contributed by atoms with van der Waals surface area (Å²) in [5, 5.41) is 9.63. The minimum atomic E-state index is -0.996. The number of pyridine rings is 1. The van der Waals surface area contributed by atoms with E-state index in [-0.39, 0.29) is 0 Å². The van der Waals surface area contributed by atoms with Crippen LogP contribution in [0, 0.1) is 0 Å². The molecular weight excluding hydrogens is 298 g/mol. The molecule has 0 amide bonds. The Morgan fingerprint density at radius 2 is 2.25 bits per heavy atom. The van der Waals surface area contributed by atoms with Gasteiger partial charge < -0.3 is 15.2 Å². The summed E-state index contributed by atoms with van der Waals surface area (Å²) in [7, 11) is 0. The monoisotopic (exact) mass is 313 g/mol. The third-order valence-electron chi connectivity index (χ3n) is 3.07. The van der Waals surface area contributed by atoms with Gasteiger partial charge in [0.05, 0.1) is 10.7 Å². The fraction of sp³-hybridized carbons (Fsp3) is 0.385. The first-order valence-electron chi connectivity index (χ1n) is 6.05. The van der Waals surface area contributed by atoms with Gasteiger partial charge in [-0.1, -0.05) is 11.6 Å². The van der Waals surface area contributed by atoms with Crippen molar-refractivity contribution in [2.45, 2.75) is 30.4 Å². The molecule has 3 N–H and O–H groups in total. The molecular formula is C13H16ClN3O2S. The maximum Gasteiger partial charge on any atom is 0.321 e. The summed E-state index contributed by atoms with van der Waals surface area (Å²) in [5.41, 5.74) is 7.36. The number of imidazole rings is 1. The van der Waals surface area contributed by atoms with E-state index in [2.05, 4.69) is 4.98 Å². The van der Waals surface area contributed by atoms with E-state index in [1.807, 2.05) is 30.5 Å². The van der Waals surface area contributed by atoms with Crippen molar-refractivity contribution in [2.24, 2.45) is 5.73 Å². The molecule has 108 valence electrons. The van der Waals surface area contributed by atoms with Crippen molar-refractivity contribution in [3.8, 4) is 0 Å². The predicted molar refractivity (Wildman–Crippen MR) is 81.2 cm³/mol. The van der Waals surface area contributed by atoms with Crippen LogP contribution in [-0.2, 0) is 10.5 Å². The number of carbonyl (C=O) groups is 1. The molecule has 0 radical (unpaired) electrons. The first-order valence-corrected chi connectivity index (χ1v) is 7.41. The van der Waals surface area contributed by atoms with E-state index in [1.165, 1.54) is 11.8 Å². The number of aromatic nitrogens is 2. The maximum absolute atomic E-state index is 11.0. The van der Waals surface area contributed by atoms with E-state index >= 15 is 0 Å². The van der Waals surface area contributed by atoms with E-state index in [4.69, 9.17) is 22.4 Å². The van der Waals surface area contributed by atoms with Gasteiger partial charge >= 0.3 is 5.97 Å². The van der Waals surface area contributed by atoms with Crippen molar-refractivity contribution in [1.29, 1.82) is 0 Å². The number of hydrogen-bond donors (Lipinski definition) is 2. The highest BCUT2D eigenvalue weighted by Crippen LogP contribution is 2.30. The van der Waals surface area contributed by atoms with E-state index in [9.17, 15) is 4.79 Å². The van der Waals surface area contributed by atoms with Crippen LogP contribution < -0.4 is 5.73 Å². The van der Waals surface area contributed by atoms with Crippen molar-refractivity contribution < 1.29 is 9.90 Å². The molecule has 0 saturated carbocycles. The van der Waals surface area contributed by atoms with Gasteiger partial charge in [-0.25, -0.2) is 4.98 Å². The molecule has 0 saturated heterocycles. The summed E-state index contributed by atoms with van der Waals surface area (Å²) in [6.45, 7) is 3.65. The molecule has 2 aromatic heterocycles. The number of nitrogens with two attached hydrogens (primary N) is 1. The Balaban J connectivity index is 2.11. The van der Waals surface area contributed by atoms with Crippen molar-refractivity contribution >= 4 is 35.0 Å². The number of carboxylic acid groups (broad SMARTS) is 1. The molecule has 0 aliphatic carbocycles. The van der Waals surface area contributed by atoms with Crippen molar-refractivity contribution in [2.75, 3.05) is 0 Å². The SMILES string of the molecule is CC(C)(SCc1cn2cc(Cl)ccc2n1)[C@H](N)C(=O)O. The molecule has 0 bridgehead atoms. The Labute approximate surface area is 126 Å². The quantitative estimate of drug-likeness (QED) is 0.886. The van der Waals surface area contributed by atoms with E-state index in [1.54, 1.807) is 12.3 Å². The number of thioether (sulfide) groups is 1. The van der Waals surface area contributed by atoms with Crippen molar-refractivity contribution in [1.82, 2.24) is 9.38 Å². The molecule has 0 fully saturated rings. The Hall–Kier alpha value is -1.24. The van der Waals surface area contributed by atoms with Gasteiger partial charge in [-0.05, 0) is 26.0 Å². The first kappa shape index (κ1) is 15.2. The van der Waals surface area contributed by atoms with Gasteiger partial charge in [0.2, 0.25) is 0 Å². The lowest BCUT2D eigenvalue weighted by Crippen LogP contribution is -2.46. The topological polar surface area (TPSA) is 80.6 Å². The van der Waals surface area contributed by atoms with Gasteiger partial charge in [-0.15, -0.1) is 11.8 Å². The van der Waals surface area contributed by atoms with Crippen LogP contribution in [-0.4, -0.2) is 31.2 Å². The summed E-state index contributed by atoms with van der Waals surface area (Å²) in [6, 6.07) is 2.70. The van der Waals surface area contributed by atoms with Gasteiger partial charge in [0, 0.05) is 22.9 Å². The van der Waals surface area contributed by atoms with Gasteiger partial charge in [-0.2, -0.15) is 0 Å². The third-order valence-corrected chi connectivity index (χ3v) is 4.73. The Morgan fingerprint density at radius 3 is 2.90 bits per heavy atom. The summed E-state index contributed by atoms with van der Waals surface area (Å²) in [5.74, 6) is -0.405. The van der Waals surface area contributed by atoms with Crippen LogP contribution in [0.2, 0.25) is 5.02 Å². The van der Waals surface area contributed by atoms with Crippen LogP contribution in [0.3, 0.4) is 0 Å². The van der Waals surface area contributed by atoms with Crippen LogP contribution in [0.5, 0.6) is 0 Å². The number of nitrogens with zero attached hydrogens (tertiary/aromatic N) is 2. The standard InChI is InChI=1S/C13H16ClN3O2S/c1-13(2,11(15)12(18)19)20-7-9-6-17-5-8(14)3-4-10(17)16-9/h3-6,11H,7,15H2,1-2H3,(H,18,19)/t11-/m1/s1. The average molecular weight is 314 g/mol. The van der Waals surface area contributed by atoms with Crippen LogP contribution in [0.25, 0.3) is 5.65 Å². The summed E-state index contributed by atoms with van der Waals surface area (Å²) in [4.78, 5) is 15.4. The molecule has 0 aliphatic rings. The summed E-state index contributed by atoms with van der Waals surface area (Å²) < 4.78 is 1.28. The Kier molecular flexibility index (Phi) is 4.27. The number of hydrogen-bond acceptors (Lipinski definition) is 4. The largest absolute Gasteiger partial charge is 0.480 e. The molecule has 20 heavy (non-hydrogen) atoms. The van der Waals surface area contributed by atoms with Crippen molar-refractivity contribution in [3.05, 3.63) is 35.2 Å². The summed E-state index contributed by atoms with van der Waals surface area (Å²) >= 11 is 7.39. The third kappa shape index (κ3) is 3.26. The van der Waals surface area contributed by atoms with Crippen LogP contribution >= 0.6 is 23.4 Å².